The predicted octanol–water partition coefficient (Wildman–Crippen LogP) is 1.80. The number of hydrogen-bond acceptors (Lipinski definition) is 3. The van der Waals surface area contributed by atoms with Gasteiger partial charge in [0.2, 0.25) is 0 Å². The van der Waals surface area contributed by atoms with Gasteiger partial charge in [-0.25, -0.2) is 0 Å². The first kappa shape index (κ1) is 13.2. The third-order valence-electron chi connectivity index (χ3n) is 2.16. The van der Waals surface area contributed by atoms with E-state index < -0.39 is 10.8 Å². The molecule has 3 nitrogen and oxygen atoms in total. The molecule has 0 bridgehead atoms. The number of rotatable bonds is 6. The second-order valence-corrected chi connectivity index (χ2v) is 5.40. The third kappa shape index (κ3) is 4.33. The SMILES string of the molecule is COc1ccc(S(=O)CCNC(C)C)cc1. The molecule has 0 aliphatic rings. The molecule has 1 N–H and O–H groups in total. The average molecular weight is 241 g/mol. The Morgan fingerprint density at radius 2 is 1.94 bits per heavy atom. The molecule has 0 aliphatic carbocycles. The van der Waals surface area contributed by atoms with Gasteiger partial charge in [-0.1, -0.05) is 13.8 Å². The minimum Gasteiger partial charge on any atom is -0.497 e. The van der Waals surface area contributed by atoms with Crippen molar-refractivity contribution in [3.8, 4) is 5.75 Å². The number of nitrogens with one attached hydrogen (secondary N) is 1. The minimum absolute atomic E-state index is 0.438. The topological polar surface area (TPSA) is 38.3 Å². The second-order valence-electron chi connectivity index (χ2n) is 3.83. The zero-order chi connectivity index (χ0) is 12.0. The van der Waals surface area contributed by atoms with Crippen molar-refractivity contribution in [3.63, 3.8) is 0 Å². The Balaban J connectivity index is 2.46. The third-order valence-corrected chi connectivity index (χ3v) is 3.54. The normalized spacial score (nSPS) is 12.8. The minimum atomic E-state index is -0.928. The molecular weight excluding hydrogens is 222 g/mol. The van der Waals surface area contributed by atoms with Gasteiger partial charge >= 0.3 is 0 Å². The average Bonchev–Trinajstić information content (AvgIpc) is 2.28. The van der Waals surface area contributed by atoms with E-state index in [1.807, 2.05) is 24.3 Å². The first-order chi connectivity index (χ1) is 7.63. The highest BCUT2D eigenvalue weighted by atomic mass is 32.2. The highest BCUT2D eigenvalue weighted by Crippen LogP contribution is 2.14. The van der Waals surface area contributed by atoms with Crippen LogP contribution >= 0.6 is 0 Å². The molecule has 4 heteroatoms. The maximum absolute atomic E-state index is 11.9. The number of benzene rings is 1. The van der Waals surface area contributed by atoms with Crippen LogP contribution in [-0.4, -0.2) is 29.7 Å². The van der Waals surface area contributed by atoms with E-state index in [4.69, 9.17) is 4.74 Å². The summed E-state index contributed by atoms with van der Waals surface area (Å²) < 4.78 is 16.9. The van der Waals surface area contributed by atoms with Gasteiger partial charge in [0.25, 0.3) is 0 Å². The molecule has 0 amide bonds. The van der Waals surface area contributed by atoms with E-state index in [9.17, 15) is 4.21 Å². The van der Waals surface area contributed by atoms with Gasteiger partial charge in [-0.3, -0.25) is 4.21 Å². The molecule has 1 unspecified atom stereocenters. The molecular formula is C12H19NO2S. The van der Waals surface area contributed by atoms with Crippen LogP contribution in [0.2, 0.25) is 0 Å². The van der Waals surface area contributed by atoms with Crippen molar-refractivity contribution in [2.75, 3.05) is 19.4 Å². The fraction of sp³-hybridized carbons (Fsp3) is 0.500. The van der Waals surface area contributed by atoms with E-state index in [-0.39, 0.29) is 0 Å². The molecule has 1 rings (SSSR count). The van der Waals surface area contributed by atoms with Gasteiger partial charge in [0, 0.05) is 23.2 Å². The Morgan fingerprint density at radius 3 is 2.44 bits per heavy atom. The van der Waals surface area contributed by atoms with E-state index >= 15 is 0 Å². The number of methoxy groups -OCH3 is 1. The fourth-order valence-corrected chi connectivity index (χ4v) is 2.26. The molecule has 0 radical (unpaired) electrons. The summed E-state index contributed by atoms with van der Waals surface area (Å²) in [5.41, 5.74) is 0. The molecule has 1 aromatic rings. The lowest BCUT2D eigenvalue weighted by Gasteiger charge is -2.08. The maximum Gasteiger partial charge on any atom is 0.118 e. The van der Waals surface area contributed by atoms with E-state index in [0.29, 0.717) is 11.8 Å². The van der Waals surface area contributed by atoms with E-state index in [1.165, 1.54) is 0 Å². The van der Waals surface area contributed by atoms with Crippen molar-refractivity contribution in [1.82, 2.24) is 5.32 Å². The van der Waals surface area contributed by atoms with Gasteiger partial charge in [0.1, 0.15) is 5.75 Å². The van der Waals surface area contributed by atoms with Crippen molar-refractivity contribution in [3.05, 3.63) is 24.3 Å². The summed E-state index contributed by atoms with van der Waals surface area (Å²) in [5, 5.41) is 3.25. The Labute approximate surface area is 99.7 Å². The highest BCUT2D eigenvalue weighted by molar-refractivity contribution is 7.85. The molecule has 0 heterocycles. The quantitative estimate of drug-likeness (QED) is 0.825. The lowest BCUT2D eigenvalue weighted by molar-refractivity contribution is 0.414. The number of ether oxygens (including phenoxy) is 1. The standard InChI is InChI=1S/C12H19NO2S/c1-10(2)13-8-9-16(14)12-6-4-11(15-3)5-7-12/h4-7,10,13H,8-9H2,1-3H3. The fourth-order valence-electron chi connectivity index (χ4n) is 1.29. The molecule has 0 aromatic heterocycles. The van der Waals surface area contributed by atoms with Crippen LogP contribution in [-0.2, 0) is 10.8 Å². The van der Waals surface area contributed by atoms with Crippen LogP contribution in [0.3, 0.4) is 0 Å². The van der Waals surface area contributed by atoms with Crippen LogP contribution in [0.15, 0.2) is 29.2 Å². The zero-order valence-corrected chi connectivity index (χ0v) is 10.8. The van der Waals surface area contributed by atoms with Gasteiger partial charge < -0.3 is 10.1 Å². The number of hydrogen-bond donors (Lipinski definition) is 1. The summed E-state index contributed by atoms with van der Waals surface area (Å²) in [5.74, 6) is 1.44. The van der Waals surface area contributed by atoms with Crippen LogP contribution in [0.25, 0.3) is 0 Å². The molecule has 0 saturated carbocycles. The van der Waals surface area contributed by atoms with E-state index in [0.717, 1.165) is 17.2 Å². The first-order valence-electron chi connectivity index (χ1n) is 5.39. The molecule has 0 aliphatic heterocycles. The van der Waals surface area contributed by atoms with Gasteiger partial charge in [0.05, 0.1) is 17.9 Å². The molecule has 0 saturated heterocycles. The van der Waals surface area contributed by atoms with Crippen molar-refractivity contribution >= 4 is 10.8 Å². The summed E-state index contributed by atoms with van der Waals surface area (Å²) in [6, 6.07) is 7.81. The lowest BCUT2D eigenvalue weighted by Crippen LogP contribution is -2.27. The van der Waals surface area contributed by atoms with Crippen LogP contribution < -0.4 is 10.1 Å². The summed E-state index contributed by atoms with van der Waals surface area (Å²) in [6.07, 6.45) is 0. The molecule has 16 heavy (non-hydrogen) atoms. The first-order valence-corrected chi connectivity index (χ1v) is 6.71. The van der Waals surface area contributed by atoms with Crippen molar-refractivity contribution in [2.24, 2.45) is 0 Å². The lowest BCUT2D eigenvalue weighted by atomic mass is 10.3. The molecule has 90 valence electrons. The molecule has 1 atom stereocenters. The van der Waals surface area contributed by atoms with Crippen molar-refractivity contribution < 1.29 is 8.95 Å². The predicted molar refractivity (Wildman–Crippen MR) is 67.4 cm³/mol. The van der Waals surface area contributed by atoms with Crippen LogP contribution in [0.1, 0.15) is 13.8 Å². The Bertz CT molecular complexity index is 335. The largest absolute Gasteiger partial charge is 0.497 e. The molecule has 0 spiro atoms. The molecule has 0 fully saturated rings. The van der Waals surface area contributed by atoms with Crippen LogP contribution in [0, 0.1) is 0 Å². The zero-order valence-electron chi connectivity index (χ0n) is 10.0. The Morgan fingerprint density at radius 1 is 1.31 bits per heavy atom. The highest BCUT2D eigenvalue weighted by Gasteiger charge is 2.04. The van der Waals surface area contributed by atoms with Crippen molar-refractivity contribution in [1.29, 1.82) is 0 Å². The monoisotopic (exact) mass is 241 g/mol. The smallest absolute Gasteiger partial charge is 0.118 e. The van der Waals surface area contributed by atoms with Crippen molar-refractivity contribution in [2.45, 2.75) is 24.8 Å². The summed E-state index contributed by atoms with van der Waals surface area (Å²) >= 11 is 0. The maximum atomic E-state index is 11.9. The van der Waals surface area contributed by atoms with E-state index in [1.54, 1.807) is 7.11 Å². The summed E-state index contributed by atoms with van der Waals surface area (Å²) in [4.78, 5) is 0.853. The summed E-state index contributed by atoms with van der Waals surface area (Å²) in [7, 11) is 0.695. The van der Waals surface area contributed by atoms with Crippen LogP contribution in [0.5, 0.6) is 5.75 Å². The van der Waals surface area contributed by atoms with Gasteiger partial charge in [-0.2, -0.15) is 0 Å². The summed E-state index contributed by atoms with van der Waals surface area (Å²) in [6.45, 7) is 4.93. The van der Waals surface area contributed by atoms with Crippen LogP contribution in [0.4, 0.5) is 0 Å². The second kappa shape index (κ2) is 6.66. The van der Waals surface area contributed by atoms with E-state index in [2.05, 4.69) is 19.2 Å². The Kier molecular flexibility index (Phi) is 5.49. The van der Waals surface area contributed by atoms with Gasteiger partial charge in [0.15, 0.2) is 0 Å². The Hall–Kier alpha value is -0.870. The molecule has 1 aromatic carbocycles. The van der Waals surface area contributed by atoms with Gasteiger partial charge in [-0.15, -0.1) is 0 Å². The van der Waals surface area contributed by atoms with Gasteiger partial charge in [-0.05, 0) is 24.3 Å².